The van der Waals surface area contributed by atoms with Crippen molar-refractivity contribution in [3.8, 4) is 11.1 Å². The summed E-state index contributed by atoms with van der Waals surface area (Å²) in [5.41, 5.74) is 16.7. The van der Waals surface area contributed by atoms with Gasteiger partial charge in [-0.05, 0) is 47.9 Å². The number of nitrogens with zero attached hydrogens (tertiary/aromatic N) is 2. The highest BCUT2D eigenvalue weighted by Gasteiger charge is 2.35. The molecule has 1 saturated heterocycles. The molecular weight excluding hydrogens is 434 g/mol. The highest BCUT2D eigenvalue weighted by Crippen LogP contribution is 2.28. The van der Waals surface area contributed by atoms with Crippen molar-refractivity contribution in [3.63, 3.8) is 0 Å². The van der Waals surface area contributed by atoms with E-state index in [1.165, 1.54) is 55.7 Å². The zero-order valence-electron chi connectivity index (χ0n) is 20.9. The van der Waals surface area contributed by atoms with Crippen LogP contribution in [0.3, 0.4) is 0 Å². The second kappa shape index (κ2) is 10.8. The summed E-state index contributed by atoms with van der Waals surface area (Å²) >= 11 is 0. The Kier molecular flexibility index (Phi) is 7.54. The molecule has 0 bridgehead atoms. The van der Waals surface area contributed by atoms with Crippen LogP contribution in [-0.2, 0) is 17.8 Å². The quantitative estimate of drug-likeness (QED) is 0.510. The maximum Gasteiger partial charge on any atom is 0.241 e. The smallest absolute Gasteiger partial charge is 0.241 e. The Balaban J connectivity index is 1.10. The summed E-state index contributed by atoms with van der Waals surface area (Å²) in [5, 5.41) is 2.94. The number of hydrogen-bond acceptors (Lipinski definition) is 5. The fraction of sp³-hybridized carbons (Fsp3) is 0.552. The summed E-state index contributed by atoms with van der Waals surface area (Å²) in [5.74, 6) is -0.105. The molecule has 3 aliphatic rings. The van der Waals surface area contributed by atoms with E-state index < -0.39 is 11.7 Å². The third-order valence-corrected chi connectivity index (χ3v) is 8.09. The van der Waals surface area contributed by atoms with Crippen molar-refractivity contribution in [1.29, 1.82) is 0 Å². The molecule has 0 aromatic heterocycles. The number of amides is 1. The van der Waals surface area contributed by atoms with Gasteiger partial charge < -0.3 is 16.8 Å². The van der Waals surface area contributed by atoms with Crippen LogP contribution < -0.4 is 16.8 Å². The Morgan fingerprint density at radius 3 is 2.03 bits per heavy atom. The third kappa shape index (κ3) is 6.31. The fourth-order valence-electron chi connectivity index (χ4n) is 5.65. The minimum Gasteiger partial charge on any atom is -0.339 e. The molecule has 2 saturated carbocycles. The van der Waals surface area contributed by atoms with Gasteiger partial charge in [0.1, 0.15) is 0 Å². The van der Waals surface area contributed by atoms with Crippen molar-refractivity contribution in [2.24, 2.45) is 11.5 Å². The van der Waals surface area contributed by atoms with Crippen molar-refractivity contribution >= 4 is 5.91 Å². The van der Waals surface area contributed by atoms with Gasteiger partial charge in [0, 0.05) is 45.2 Å². The molecular formula is C29H41N5O. The number of carbonyl (C=O) groups is 1. The topological polar surface area (TPSA) is 87.6 Å². The standard InChI is InChI=1S/C29H41N5O/c30-27(32-28(35)29(31)14-2-1-3-15-29)20-22-4-8-24(9-5-22)25-10-6-23(7-11-25)21-33-16-18-34(19-17-33)26-12-13-26/h4-11,26-27H,1-3,12-21,30-31H2,(H,32,35)/t27-/m1/s1. The van der Waals surface area contributed by atoms with Gasteiger partial charge in [-0.1, -0.05) is 67.8 Å². The van der Waals surface area contributed by atoms with Gasteiger partial charge in [-0.2, -0.15) is 0 Å². The van der Waals surface area contributed by atoms with Crippen molar-refractivity contribution in [3.05, 3.63) is 59.7 Å². The molecule has 2 aliphatic carbocycles. The maximum absolute atomic E-state index is 12.6. The molecule has 0 unspecified atom stereocenters. The maximum atomic E-state index is 12.6. The van der Waals surface area contributed by atoms with Gasteiger partial charge in [0.15, 0.2) is 0 Å². The lowest BCUT2D eigenvalue weighted by molar-refractivity contribution is -0.128. The average Bonchev–Trinajstić information content (AvgIpc) is 3.72. The normalized spacial score (nSPS) is 22.0. The van der Waals surface area contributed by atoms with Crippen LogP contribution in [0.5, 0.6) is 0 Å². The molecule has 35 heavy (non-hydrogen) atoms. The van der Waals surface area contributed by atoms with Gasteiger partial charge in [-0.25, -0.2) is 0 Å². The number of carbonyl (C=O) groups excluding carboxylic acids is 1. The monoisotopic (exact) mass is 475 g/mol. The third-order valence-electron chi connectivity index (χ3n) is 8.09. The Bertz CT molecular complexity index is 971. The molecule has 1 aliphatic heterocycles. The molecule has 2 aromatic rings. The highest BCUT2D eigenvalue weighted by molar-refractivity contribution is 5.86. The summed E-state index contributed by atoms with van der Waals surface area (Å²) in [6.45, 7) is 5.82. The Morgan fingerprint density at radius 2 is 1.46 bits per heavy atom. The lowest BCUT2D eigenvalue weighted by atomic mass is 9.82. The van der Waals surface area contributed by atoms with E-state index in [1.807, 2.05) is 0 Å². The molecule has 6 nitrogen and oxygen atoms in total. The molecule has 1 atom stereocenters. The van der Waals surface area contributed by atoms with Crippen LogP contribution in [0.1, 0.15) is 56.1 Å². The van der Waals surface area contributed by atoms with E-state index in [9.17, 15) is 4.79 Å². The minimum absolute atomic E-state index is 0.105. The van der Waals surface area contributed by atoms with Gasteiger partial charge in [-0.15, -0.1) is 0 Å². The summed E-state index contributed by atoms with van der Waals surface area (Å²) in [7, 11) is 0. The van der Waals surface area contributed by atoms with Crippen molar-refractivity contribution < 1.29 is 4.79 Å². The molecule has 1 amide bonds. The lowest BCUT2D eigenvalue weighted by Crippen LogP contribution is -2.59. The number of nitrogens with two attached hydrogens (primary N) is 2. The molecule has 3 fully saturated rings. The molecule has 1 heterocycles. The van der Waals surface area contributed by atoms with Gasteiger partial charge in [-0.3, -0.25) is 14.6 Å². The second-order valence-electron chi connectivity index (χ2n) is 10.9. The van der Waals surface area contributed by atoms with E-state index in [0.717, 1.165) is 50.3 Å². The van der Waals surface area contributed by atoms with E-state index in [2.05, 4.69) is 63.6 Å². The van der Waals surface area contributed by atoms with Crippen LogP contribution in [0.25, 0.3) is 11.1 Å². The first-order valence-corrected chi connectivity index (χ1v) is 13.5. The van der Waals surface area contributed by atoms with E-state index in [1.54, 1.807) is 0 Å². The molecule has 0 radical (unpaired) electrons. The summed E-state index contributed by atoms with van der Waals surface area (Å²) in [6.07, 6.45) is 7.65. The molecule has 6 heteroatoms. The SMILES string of the molecule is N[C@@H](Cc1ccc(-c2ccc(CN3CCN(C4CC4)CC3)cc2)cc1)NC(=O)C1(N)CCCCC1. The largest absolute Gasteiger partial charge is 0.339 e. The van der Waals surface area contributed by atoms with Gasteiger partial charge in [0.2, 0.25) is 5.91 Å². The molecule has 2 aromatic carbocycles. The predicted molar refractivity (Wildman–Crippen MR) is 142 cm³/mol. The highest BCUT2D eigenvalue weighted by atomic mass is 16.2. The van der Waals surface area contributed by atoms with Crippen LogP contribution in [0, 0.1) is 0 Å². The zero-order chi connectivity index (χ0) is 24.3. The number of hydrogen-bond donors (Lipinski definition) is 3. The Morgan fingerprint density at radius 1 is 0.886 bits per heavy atom. The fourth-order valence-corrected chi connectivity index (χ4v) is 5.65. The molecule has 0 spiro atoms. The molecule has 5 rings (SSSR count). The number of nitrogens with one attached hydrogen (secondary N) is 1. The first kappa shape index (κ1) is 24.4. The average molecular weight is 476 g/mol. The number of piperazine rings is 1. The van der Waals surface area contributed by atoms with Crippen molar-refractivity contribution in [1.82, 2.24) is 15.1 Å². The number of benzene rings is 2. The van der Waals surface area contributed by atoms with Crippen LogP contribution in [0.2, 0.25) is 0 Å². The summed E-state index contributed by atoms with van der Waals surface area (Å²) < 4.78 is 0. The Hall–Kier alpha value is -2.25. The number of rotatable bonds is 8. The van der Waals surface area contributed by atoms with Crippen LogP contribution in [0.15, 0.2) is 48.5 Å². The van der Waals surface area contributed by atoms with Crippen LogP contribution in [-0.4, -0.2) is 59.6 Å². The molecule has 5 N–H and O–H groups in total. The van der Waals surface area contributed by atoms with Crippen LogP contribution >= 0.6 is 0 Å². The van der Waals surface area contributed by atoms with Gasteiger partial charge in [0.05, 0.1) is 11.7 Å². The van der Waals surface area contributed by atoms with Crippen molar-refractivity contribution in [2.75, 3.05) is 26.2 Å². The van der Waals surface area contributed by atoms with E-state index in [4.69, 9.17) is 11.5 Å². The van der Waals surface area contributed by atoms with E-state index >= 15 is 0 Å². The lowest BCUT2D eigenvalue weighted by Gasteiger charge is -2.34. The Labute approximate surface area is 210 Å². The second-order valence-corrected chi connectivity index (χ2v) is 10.9. The first-order valence-electron chi connectivity index (χ1n) is 13.5. The first-order chi connectivity index (χ1) is 17.0. The zero-order valence-corrected chi connectivity index (χ0v) is 20.9. The van der Waals surface area contributed by atoms with E-state index in [0.29, 0.717) is 6.42 Å². The van der Waals surface area contributed by atoms with Gasteiger partial charge in [0.25, 0.3) is 0 Å². The molecule has 188 valence electrons. The predicted octanol–water partition coefficient (Wildman–Crippen LogP) is 3.24. The summed E-state index contributed by atoms with van der Waals surface area (Å²) in [4.78, 5) is 17.9. The van der Waals surface area contributed by atoms with Gasteiger partial charge >= 0.3 is 0 Å². The van der Waals surface area contributed by atoms with Crippen molar-refractivity contribution in [2.45, 2.75) is 75.7 Å². The van der Waals surface area contributed by atoms with E-state index in [-0.39, 0.29) is 5.91 Å². The minimum atomic E-state index is -0.753. The summed E-state index contributed by atoms with van der Waals surface area (Å²) in [6, 6.07) is 18.3. The van der Waals surface area contributed by atoms with Crippen LogP contribution in [0.4, 0.5) is 0 Å².